The van der Waals surface area contributed by atoms with Crippen LogP contribution in [0.1, 0.15) is 53.9 Å². The molecule has 2 nitrogen and oxygen atoms in total. The minimum Gasteiger partial charge on any atom is -0.379 e. The van der Waals surface area contributed by atoms with E-state index in [2.05, 4.69) is 34.6 Å². The molecule has 15 heavy (non-hydrogen) atoms. The molecular weight excluding hydrogens is 188 g/mol. The predicted octanol–water partition coefficient (Wildman–Crippen LogP) is 3.64. The fraction of sp³-hybridized carbons (Fsp3) is 1.00. The summed E-state index contributed by atoms with van der Waals surface area (Å²) in [5.74, 6) is 0.619. The molecule has 0 rings (SSSR count). The van der Waals surface area contributed by atoms with E-state index in [4.69, 9.17) is 9.47 Å². The van der Waals surface area contributed by atoms with Gasteiger partial charge in [-0.3, -0.25) is 0 Å². The Bertz CT molecular complexity index is 151. The minimum absolute atomic E-state index is 0.0477. The number of rotatable bonds is 8. The third kappa shape index (κ3) is 6.91. The summed E-state index contributed by atoms with van der Waals surface area (Å²) in [6.07, 6.45) is 3.70. The molecule has 2 unspecified atom stereocenters. The molecule has 2 heteroatoms. The summed E-state index contributed by atoms with van der Waals surface area (Å²) in [6, 6.07) is 0. The highest BCUT2D eigenvalue weighted by Gasteiger charge is 2.21. The van der Waals surface area contributed by atoms with E-state index < -0.39 is 0 Å². The smallest absolute Gasteiger partial charge is 0.0648 e. The van der Waals surface area contributed by atoms with Crippen LogP contribution in [0.15, 0.2) is 0 Å². The zero-order valence-electron chi connectivity index (χ0n) is 11.3. The van der Waals surface area contributed by atoms with Crippen molar-refractivity contribution in [1.29, 1.82) is 0 Å². The van der Waals surface area contributed by atoms with Crippen molar-refractivity contribution in [2.45, 2.75) is 65.6 Å². The van der Waals surface area contributed by atoms with Gasteiger partial charge in [0.05, 0.1) is 11.7 Å². The van der Waals surface area contributed by atoms with Gasteiger partial charge in [-0.15, -0.1) is 0 Å². The summed E-state index contributed by atoms with van der Waals surface area (Å²) < 4.78 is 11.1. The fourth-order valence-electron chi connectivity index (χ4n) is 1.41. The largest absolute Gasteiger partial charge is 0.379 e. The molecule has 0 aromatic carbocycles. The SMILES string of the molecule is CCC(C)(CCC(C)COC(C)C)OC. The average molecular weight is 216 g/mol. The highest BCUT2D eigenvalue weighted by atomic mass is 16.5. The molecule has 0 aliphatic rings. The first-order chi connectivity index (χ1) is 6.93. The molecule has 0 radical (unpaired) electrons. The zero-order valence-corrected chi connectivity index (χ0v) is 11.3. The Kier molecular flexibility index (Phi) is 7.20. The number of hydrogen-bond acceptors (Lipinski definition) is 2. The molecule has 0 heterocycles. The summed E-state index contributed by atoms with van der Waals surface area (Å²) in [5, 5.41) is 0. The molecule has 0 aromatic heterocycles. The number of ether oxygens (including phenoxy) is 2. The minimum atomic E-state index is 0.0477. The van der Waals surface area contributed by atoms with E-state index in [1.165, 1.54) is 6.42 Å². The Balaban J connectivity index is 3.73. The molecule has 0 bridgehead atoms. The monoisotopic (exact) mass is 216 g/mol. The van der Waals surface area contributed by atoms with Crippen LogP contribution in [0.5, 0.6) is 0 Å². The Labute approximate surface area is 95.3 Å². The molecular formula is C13H28O2. The highest BCUT2D eigenvalue weighted by Crippen LogP contribution is 2.23. The van der Waals surface area contributed by atoms with Gasteiger partial charge in [0.1, 0.15) is 0 Å². The van der Waals surface area contributed by atoms with Crippen LogP contribution in [0.2, 0.25) is 0 Å². The summed E-state index contributed by atoms with van der Waals surface area (Å²) >= 11 is 0. The van der Waals surface area contributed by atoms with Crippen molar-refractivity contribution < 1.29 is 9.47 Å². The topological polar surface area (TPSA) is 18.5 Å². The van der Waals surface area contributed by atoms with Gasteiger partial charge in [-0.25, -0.2) is 0 Å². The maximum absolute atomic E-state index is 5.60. The molecule has 0 saturated heterocycles. The molecule has 0 N–H and O–H groups in total. The van der Waals surface area contributed by atoms with Gasteiger partial charge >= 0.3 is 0 Å². The molecule has 0 aliphatic carbocycles. The van der Waals surface area contributed by atoms with E-state index in [0.29, 0.717) is 12.0 Å². The average Bonchev–Trinajstić information content (AvgIpc) is 2.23. The van der Waals surface area contributed by atoms with Crippen molar-refractivity contribution in [3.63, 3.8) is 0 Å². The van der Waals surface area contributed by atoms with Gasteiger partial charge in [-0.2, -0.15) is 0 Å². The van der Waals surface area contributed by atoms with E-state index in [1.807, 2.05) is 0 Å². The molecule has 0 aromatic rings. The number of methoxy groups -OCH3 is 1. The Hall–Kier alpha value is -0.0800. The Morgan fingerprint density at radius 2 is 1.80 bits per heavy atom. The van der Waals surface area contributed by atoms with Crippen LogP contribution in [-0.2, 0) is 9.47 Å². The zero-order chi connectivity index (χ0) is 11.9. The second-order valence-corrected chi connectivity index (χ2v) is 5.03. The van der Waals surface area contributed by atoms with Crippen molar-refractivity contribution in [2.24, 2.45) is 5.92 Å². The van der Waals surface area contributed by atoms with Crippen LogP contribution in [0.4, 0.5) is 0 Å². The van der Waals surface area contributed by atoms with Crippen molar-refractivity contribution in [3.05, 3.63) is 0 Å². The molecule has 92 valence electrons. The maximum Gasteiger partial charge on any atom is 0.0648 e. The van der Waals surface area contributed by atoms with Gasteiger partial charge in [-0.05, 0) is 46.0 Å². The van der Waals surface area contributed by atoms with Gasteiger partial charge in [0.15, 0.2) is 0 Å². The molecule has 0 spiro atoms. The van der Waals surface area contributed by atoms with Gasteiger partial charge in [0.2, 0.25) is 0 Å². The normalized spacial score (nSPS) is 17.8. The summed E-state index contributed by atoms with van der Waals surface area (Å²) in [4.78, 5) is 0. The van der Waals surface area contributed by atoms with E-state index >= 15 is 0 Å². The van der Waals surface area contributed by atoms with Gasteiger partial charge in [0.25, 0.3) is 0 Å². The van der Waals surface area contributed by atoms with Gasteiger partial charge < -0.3 is 9.47 Å². The van der Waals surface area contributed by atoms with E-state index in [9.17, 15) is 0 Å². The second-order valence-electron chi connectivity index (χ2n) is 5.03. The van der Waals surface area contributed by atoms with Crippen molar-refractivity contribution in [2.75, 3.05) is 13.7 Å². The van der Waals surface area contributed by atoms with Crippen LogP contribution >= 0.6 is 0 Å². The van der Waals surface area contributed by atoms with Gasteiger partial charge in [-0.1, -0.05) is 13.8 Å². The highest BCUT2D eigenvalue weighted by molar-refractivity contribution is 4.73. The van der Waals surface area contributed by atoms with E-state index in [0.717, 1.165) is 19.4 Å². The Morgan fingerprint density at radius 3 is 2.20 bits per heavy atom. The lowest BCUT2D eigenvalue weighted by molar-refractivity contribution is -0.0144. The van der Waals surface area contributed by atoms with Crippen molar-refractivity contribution in [1.82, 2.24) is 0 Å². The first-order valence-electron chi connectivity index (χ1n) is 6.10. The molecule has 0 saturated carbocycles. The molecule has 0 aliphatic heterocycles. The van der Waals surface area contributed by atoms with Crippen LogP contribution in [-0.4, -0.2) is 25.4 Å². The first kappa shape index (κ1) is 14.9. The van der Waals surface area contributed by atoms with Crippen LogP contribution < -0.4 is 0 Å². The lowest BCUT2D eigenvalue weighted by atomic mass is 9.92. The third-order valence-electron chi connectivity index (χ3n) is 3.12. The van der Waals surface area contributed by atoms with Gasteiger partial charge in [0, 0.05) is 13.7 Å². The van der Waals surface area contributed by atoms with Crippen LogP contribution in [0, 0.1) is 5.92 Å². The lowest BCUT2D eigenvalue weighted by Crippen LogP contribution is -2.27. The van der Waals surface area contributed by atoms with Crippen LogP contribution in [0.25, 0.3) is 0 Å². The summed E-state index contributed by atoms with van der Waals surface area (Å²) in [6.45, 7) is 11.6. The first-order valence-corrected chi connectivity index (χ1v) is 6.10. The molecule has 2 atom stereocenters. The van der Waals surface area contributed by atoms with E-state index in [-0.39, 0.29) is 5.60 Å². The van der Waals surface area contributed by atoms with Crippen LogP contribution in [0.3, 0.4) is 0 Å². The Morgan fingerprint density at radius 1 is 1.20 bits per heavy atom. The third-order valence-corrected chi connectivity index (χ3v) is 3.12. The number of hydrogen-bond donors (Lipinski definition) is 0. The van der Waals surface area contributed by atoms with Crippen molar-refractivity contribution >= 4 is 0 Å². The summed E-state index contributed by atoms with van der Waals surface area (Å²) in [5.41, 5.74) is 0.0477. The van der Waals surface area contributed by atoms with E-state index in [1.54, 1.807) is 7.11 Å². The lowest BCUT2D eigenvalue weighted by Gasteiger charge is -2.28. The standard InChI is InChI=1S/C13H28O2/c1-7-13(5,14-6)9-8-12(4)10-15-11(2)3/h11-12H,7-10H2,1-6H3. The fourth-order valence-corrected chi connectivity index (χ4v) is 1.41. The van der Waals surface area contributed by atoms with Crippen molar-refractivity contribution in [3.8, 4) is 0 Å². The molecule has 0 amide bonds. The quantitative estimate of drug-likeness (QED) is 0.616. The summed E-state index contributed by atoms with van der Waals surface area (Å²) in [7, 11) is 1.80. The predicted molar refractivity (Wildman–Crippen MR) is 65.2 cm³/mol. The maximum atomic E-state index is 5.60. The molecule has 0 fully saturated rings. The second kappa shape index (κ2) is 7.24.